The van der Waals surface area contributed by atoms with Crippen LogP contribution in [0.5, 0.6) is 5.75 Å². The number of hydrogen-bond donors (Lipinski definition) is 0. The van der Waals surface area contributed by atoms with Crippen molar-refractivity contribution in [2.75, 3.05) is 19.0 Å². The minimum Gasteiger partial charge on any atom is -0.494 e. The van der Waals surface area contributed by atoms with Crippen molar-refractivity contribution in [3.8, 4) is 5.75 Å². The number of carbonyl (C=O) groups excluding carboxylic acids is 1. The maximum atomic E-state index is 11.1. The number of unbranched alkanes of at least 4 members (excludes halogenated alkanes) is 1. The molecule has 94 valence electrons. The van der Waals surface area contributed by atoms with E-state index in [2.05, 4.69) is 20.7 Å². The number of alkyl halides is 1. The Morgan fingerprint density at radius 2 is 1.94 bits per heavy atom. The fraction of sp³-hybridized carbons (Fsp3) is 0.462. The maximum Gasteiger partial charge on any atom is 0.309 e. The molecule has 1 aromatic carbocycles. The quantitative estimate of drug-likeness (QED) is 0.441. The van der Waals surface area contributed by atoms with Gasteiger partial charge in [0, 0.05) is 5.33 Å². The maximum absolute atomic E-state index is 11.1. The molecular weight excluding hydrogens is 284 g/mol. The molecule has 0 radical (unpaired) electrons. The van der Waals surface area contributed by atoms with Gasteiger partial charge in [-0.05, 0) is 30.5 Å². The molecule has 0 amide bonds. The first-order valence-corrected chi connectivity index (χ1v) is 6.73. The number of ether oxygens (including phenoxy) is 2. The van der Waals surface area contributed by atoms with Crippen LogP contribution >= 0.6 is 15.9 Å². The average Bonchev–Trinajstić information content (AvgIpc) is 2.36. The van der Waals surface area contributed by atoms with E-state index in [0.29, 0.717) is 6.42 Å². The summed E-state index contributed by atoms with van der Waals surface area (Å²) < 4.78 is 10.2. The summed E-state index contributed by atoms with van der Waals surface area (Å²) >= 11 is 3.38. The summed E-state index contributed by atoms with van der Waals surface area (Å²) in [5.41, 5.74) is 0.935. The first-order valence-electron chi connectivity index (χ1n) is 5.61. The lowest BCUT2D eigenvalue weighted by Gasteiger charge is -2.06. The van der Waals surface area contributed by atoms with Crippen molar-refractivity contribution < 1.29 is 14.3 Å². The lowest BCUT2D eigenvalue weighted by molar-refractivity contribution is -0.139. The molecule has 1 rings (SSSR count). The largest absolute Gasteiger partial charge is 0.494 e. The van der Waals surface area contributed by atoms with Gasteiger partial charge >= 0.3 is 5.97 Å². The topological polar surface area (TPSA) is 35.5 Å². The monoisotopic (exact) mass is 300 g/mol. The fourth-order valence-corrected chi connectivity index (χ4v) is 1.73. The van der Waals surface area contributed by atoms with Crippen LogP contribution in [0.4, 0.5) is 0 Å². The van der Waals surface area contributed by atoms with E-state index in [-0.39, 0.29) is 5.97 Å². The van der Waals surface area contributed by atoms with Crippen molar-refractivity contribution in [1.29, 1.82) is 0 Å². The standard InChI is InChI=1S/C13H17BrO3/c1-16-13(15)10-11-4-6-12(7-5-11)17-9-3-2-8-14/h4-7H,2-3,8-10H2,1H3. The van der Waals surface area contributed by atoms with Crippen LogP contribution in [-0.4, -0.2) is 25.0 Å². The van der Waals surface area contributed by atoms with E-state index in [4.69, 9.17) is 4.74 Å². The second-order valence-electron chi connectivity index (χ2n) is 3.64. The Hall–Kier alpha value is -1.03. The molecule has 0 saturated heterocycles. The summed E-state index contributed by atoms with van der Waals surface area (Å²) in [5.74, 6) is 0.615. The Bertz CT molecular complexity index is 335. The van der Waals surface area contributed by atoms with Gasteiger partial charge in [0.05, 0.1) is 20.1 Å². The Morgan fingerprint density at radius 3 is 2.53 bits per heavy atom. The molecule has 0 unspecified atom stereocenters. The number of esters is 1. The van der Waals surface area contributed by atoms with Crippen LogP contribution in [0.1, 0.15) is 18.4 Å². The van der Waals surface area contributed by atoms with Gasteiger partial charge in [-0.25, -0.2) is 0 Å². The fourth-order valence-electron chi connectivity index (χ4n) is 1.33. The third kappa shape index (κ3) is 5.73. The van der Waals surface area contributed by atoms with E-state index in [1.54, 1.807) is 0 Å². The van der Waals surface area contributed by atoms with Gasteiger partial charge in [0.2, 0.25) is 0 Å². The van der Waals surface area contributed by atoms with Crippen molar-refractivity contribution >= 4 is 21.9 Å². The van der Waals surface area contributed by atoms with Gasteiger partial charge in [0.15, 0.2) is 0 Å². The second-order valence-corrected chi connectivity index (χ2v) is 4.43. The minimum absolute atomic E-state index is 0.226. The summed E-state index contributed by atoms with van der Waals surface area (Å²) in [7, 11) is 1.39. The third-order valence-electron chi connectivity index (χ3n) is 2.30. The lowest BCUT2D eigenvalue weighted by Crippen LogP contribution is -2.04. The number of benzene rings is 1. The highest BCUT2D eigenvalue weighted by molar-refractivity contribution is 9.09. The SMILES string of the molecule is COC(=O)Cc1ccc(OCCCCBr)cc1. The van der Waals surface area contributed by atoms with Crippen molar-refractivity contribution in [3.05, 3.63) is 29.8 Å². The van der Waals surface area contributed by atoms with Gasteiger partial charge < -0.3 is 9.47 Å². The summed E-state index contributed by atoms with van der Waals surface area (Å²) in [5, 5.41) is 1.01. The molecule has 17 heavy (non-hydrogen) atoms. The van der Waals surface area contributed by atoms with Crippen LogP contribution in [0.25, 0.3) is 0 Å². The predicted octanol–water partition coefficient (Wildman–Crippen LogP) is 2.96. The van der Waals surface area contributed by atoms with E-state index in [0.717, 1.165) is 36.1 Å². The summed E-state index contributed by atoms with van der Waals surface area (Å²) in [6, 6.07) is 7.53. The Labute approximate surface area is 110 Å². The third-order valence-corrected chi connectivity index (χ3v) is 2.86. The van der Waals surface area contributed by atoms with Crippen LogP contribution < -0.4 is 4.74 Å². The number of carbonyl (C=O) groups is 1. The zero-order valence-electron chi connectivity index (χ0n) is 9.95. The predicted molar refractivity (Wildman–Crippen MR) is 70.7 cm³/mol. The molecule has 0 bridgehead atoms. The van der Waals surface area contributed by atoms with E-state index < -0.39 is 0 Å². The summed E-state index contributed by atoms with van der Waals surface area (Å²) in [4.78, 5) is 11.1. The van der Waals surface area contributed by atoms with E-state index >= 15 is 0 Å². The van der Waals surface area contributed by atoms with Gasteiger partial charge in [0.25, 0.3) is 0 Å². The first-order chi connectivity index (χ1) is 8.26. The van der Waals surface area contributed by atoms with Gasteiger partial charge in [0.1, 0.15) is 5.75 Å². The van der Waals surface area contributed by atoms with Gasteiger partial charge in [-0.2, -0.15) is 0 Å². The normalized spacial score (nSPS) is 10.0. The van der Waals surface area contributed by atoms with Crippen LogP contribution in [0.3, 0.4) is 0 Å². The molecule has 0 aliphatic carbocycles. The Balaban J connectivity index is 2.36. The Morgan fingerprint density at radius 1 is 1.24 bits per heavy atom. The van der Waals surface area contributed by atoms with E-state index in [1.165, 1.54) is 7.11 Å². The molecule has 1 aromatic rings. The smallest absolute Gasteiger partial charge is 0.309 e. The van der Waals surface area contributed by atoms with Crippen LogP contribution in [0.2, 0.25) is 0 Å². The van der Waals surface area contributed by atoms with E-state index in [9.17, 15) is 4.79 Å². The van der Waals surface area contributed by atoms with Crippen molar-refractivity contribution in [3.63, 3.8) is 0 Å². The molecule has 0 saturated carbocycles. The van der Waals surface area contributed by atoms with Crippen molar-refractivity contribution in [1.82, 2.24) is 0 Å². The van der Waals surface area contributed by atoms with Gasteiger partial charge in [-0.3, -0.25) is 4.79 Å². The van der Waals surface area contributed by atoms with Crippen molar-refractivity contribution in [2.24, 2.45) is 0 Å². The molecule has 3 nitrogen and oxygen atoms in total. The van der Waals surface area contributed by atoms with Crippen LogP contribution in [0.15, 0.2) is 24.3 Å². The van der Waals surface area contributed by atoms with Crippen LogP contribution in [0, 0.1) is 0 Å². The highest BCUT2D eigenvalue weighted by Gasteiger charge is 2.02. The summed E-state index contributed by atoms with van der Waals surface area (Å²) in [6.07, 6.45) is 2.45. The zero-order valence-corrected chi connectivity index (χ0v) is 11.5. The highest BCUT2D eigenvalue weighted by Crippen LogP contribution is 2.13. The molecule has 0 aromatic heterocycles. The molecule has 0 fully saturated rings. The Kier molecular flexibility index (Phi) is 6.70. The van der Waals surface area contributed by atoms with Crippen molar-refractivity contribution in [2.45, 2.75) is 19.3 Å². The molecule has 0 atom stereocenters. The molecule has 0 aliphatic rings. The number of methoxy groups -OCH3 is 1. The molecule has 0 N–H and O–H groups in total. The number of hydrogen-bond acceptors (Lipinski definition) is 3. The highest BCUT2D eigenvalue weighted by atomic mass is 79.9. The van der Waals surface area contributed by atoms with Gasteiger partial charge in [-0.15, -0.1) is 0 Å². The lowest BCUT2D eigenvalue weighted by atomic mass is 10.1. The second kappa shape index (κ2) is 8.12. The minimum atomic E-state index is -0.226. The molecule has 4 heteroatoms. The molecule has 0 spiro atoms. The van der Waals surface area contributed by atoms with Crippen LogP contribution in [-0.2, 0) is 16.0 Å². The average molecular weight is 301 g/mol. The first kappa shape index (κ1) is 14.0. The zero-order chi connectivity index (χ0) is 12.5. The molecule has 0 heterocycles. The summed E-state index contributed by atoms with van der Waals surface area (Å²) in [6.45, 7) is 0.724. The number of halogens is 1. The number of rotatable bonds is 7. The van der Waals surface area contributed by atoms with Gasteiger partial charge in [-0.1, -0.05) is 28.1 Å². The molecule has 0 aliphatic heterocycles. The van der Waals surface area contributed by atoms with E-state index in [1.807, 2.05) is 24.3 Å². The molecular formula is C13H17BrO3.